The van der Waals surface area contributed by atoms with Crippen molar-refractivity contribution >= 4 is 11.6 Å². The predicted molar refractivity (Wildman–Crippen MR) is 86.3 cm³/mol. The minimum absolute atomic E-state index is 0.276. The molecule has 0 spiro atoms. The molecule has 1 fully saturated rings. The van der Waals surface area contributed by atoms with Crippen molar-refractivity contribution < 1.29 is 14.3 Å². The van der Waals surface area contributed by atoms with Gasteiger partial charge >= 0.3 is 0 Å². The predicted octanol–water partition coefficient (Wildman–Crippen LogP) is 1.98. The molecule has 0 saturated carbocycles. The molecule has 3 heterocycles. The van der Waals surface area contributed by atoms with Crippen molar-refractivity contribution in [1.82, 2.24) is 9.97 Å². The summed E-state index contributed by atoms with van der Waals surface area (Å²) in [5.74, 6) is 1.90. The van der Waals surface area contributed by atoms with E-state index < -0.39 is 5.60 Å². The van der Waals surface area contributed by atoms with Crippen LogP contribution in [0, 0.1) is 0 Å². The van der Waals surface area contributed by atoms with E-state index in [0.29, 0.717) is 18.2 Å². The lowest BCUT2D eigenvalue weighted by Crippen LogP contribution is -2.31. The molecule has 0 amide bonds. The Morgan fingerprint density at radius 1 is 1.39 bits per heavy atom. The zero-order valence-corrected chi connectivity index (χ0v) is 13.2. The lowest BCUT2D eigenvalue weighted by Gasteiger charge is -2.24. The molecule has 0 bridgehead atoms. The second-order valence-electron chi connectivity index (χ2n) is 5.95. The van der Waals surface area contributed by atoms with Crippen molar-refractivity contribution in [3.05, 3.63) is 36.5 Å². The van der Waals surface area contributed by atoms with Crippen LogP contribution in [-0.4, -0.2) is 40.9 Å². The molecule has 2 atom stereocenters. The van der Waals surface area contributed by atoms with Crippen LogP contribution in [0.15, 0.2) is 35.2 Å². The van der Waals surface area contributed by atoms with E-state index in [1.165, 1.54) is 6.33 Å². The largest absolute Gasteiger partial charge is 0.466 e. The summed E-state index contributed by atoms with van der Waals surface area (Å²) in [7, 11) is 0. The summed E-state index contributed by atoms with van der Waals surface area (Å²) in [5.41, 5.74) is -1.11. The van der Waals surface area contributed by atoms with Crippen LogP contribution in [0.3, 0.4) is 0 Å². The smallest absolute Gasteiger partial charge is 0.136 e. The lowest BCUT2D eigenvalue weighted by molar-refractivity contribution is 0.0476. The van der Waals surface area contributed by atoms with Crippen molar-refractivity contribution in [2.45, 2.75) is 31.4 Å². The molecule has 3 rings (SSSR count). The van der Waals surface area contributed by atoms with E-state index >= 15 is 0 Å². The van der Waals surface area contributed by atoms with Gasteiger partial charge in [-0.2, -0.15) is 0 Å². The summed E-state index contributed by atoms with van der Waals surface area (Å²) < 4.78 is 10.7. The molecule has 1 aliphatic rings. The third kappa shape index (κ3) is 4.20. The van der Waals surface area contributed by atoms with Crippen LogP contribution >= 0.6 is 0 Å². The average Bonchev–Trinajstić information content (AvgIpc) is 3.10. The molecule has 7 nitrogen and oxygen atoms in total. The Bertz CT molecular complexity index is 610. The van der Waals surface area contributed by atoms with E-state index in [0.717, 1.165) is 25.3 Å². The van der Waals surface area contributed by atoms with Crippen LogP contribution in [0.1, 0.15) is 25.5 Å². The molecule has 1 aliphatic heterocycles. The van der Waals surface area contributed by atoms with Gasteiger partial charge in [0, 0.05) is 12.7 Å². The molecular weight excluding hydrogens is 296 g/mol. The molecule has 23 heavy (non-hydrogen) atoms. The first-order valence-electron chi connectivity index (χ1n) is 7.80. The van der Waals surface area contributed by atoms with Gasteiger partial charge in [-0.3, -0.25) is 0 Å². The summed E-state index contributed by atoms with van der Waals surface area (Å²) in [6.07, 6.45) is 5.17. The fourth-order valence-corrected chi connectivity index (χ4v) is 2.53. The topological polar surface area (TPSA) is 92.4 Å². The third-order valence-electron chi connectivity index (χ3n) is 3.85. The number of furan rings is 1. The molecule has 2 aromatic heterocycles. The van der Waals surface area contributed by atoms with Crippen LogP contribution in [-0.2, 0) is 10.3 Å². The average molecular weight is 318 g/mol. The Morgan fingerprint density at radius 2 is 2.26 bits per heavy atom. The number of hydrogen-bond acceptors (Lipinski definition) is 7. The van der Waals surface area contributed by atoms with Crippen molar-refractivity contribution in [3.8, 4) is 0 Å². The van der Waals surface area contributed by atoms with Crippen LogP contribution < -0.4 is 10.6 Å². The first-order valence-corrected chi connectivity index (χ1v) is 7.80. The highest BCUT2D eigenvalue weighted by atomic mass is 16.5. The van der Waals surface area contributed by atoms with Crippen LogP contribution in [0.5, 0.6) is 0 Å². The fourth-order valence-electron chi connectivity index (χ4n) is 2.53. The summed E-state index contributed by atoms with van der Waals surface area (Å²) >= 11 is 0. The van der Waals surface area contributed by atoms with Gasteiger partial charge in [-0.25, -0.2) is 9.97 Å². The van der Waals surface area contributed by atoms with Gasteiger partial charge in [-0.05, 0) is 31.9 Å². The number of aromatic nitrogens is 2. The van der Waals surface area contributed by atoms with Crippen LogP contribution in [0.2, 0.25) is 0 Å². The Hall–Kier alpha value is -2.12. The zero-order valence-electron chi connectivity index (χ0n) is 13.2. The number of anilines is 2. The lowest BCUT2D eigenvalue weighted by atomic mass is 10.0. The third-order valence-corrected chi connectivity index (χ3v) is 3.85. The van der Waals surface area contributed by atoms with Crippen LogP contribution in [0.4, 0.5) is 11.6 Å². The molecule has 0 aliphatic carbocycles. The van der Waals surface area contributed by atoms with E-state index in [-0.39, 0.29) is 12.6 Å². The fraction of sp³-hybridized carbons (Fsp3) is 0.500. The van der Waals surface area contributed by atoms with Gasteiger partial charge in [0.15, 0.2) is 0 Å². The minimum atomic E-state index is -1.11. The summed E-state index contributed by atoms with van der Waals surface area (Å²) in [6.45, 7) is 3.50. The summed E-state index contributed by atoms with van der Waals surface area (Å²) in [4.78, 5) is 8.41. The number of ether oxygens (including phenoxy) is 1. The Morgan fingerprint density at radius 3 is 3.00 bits per heavy atom. The van der Waals surface area contributed by atoms with E-state index in [4.69, 9.17) is 9.15 Å². The Labute approximate surface area is 135 Å². The summed E-state index contributed by atoms with van der Waals surface area (Å²) in [6, 6.07) is 5.60. The van der Waals surface area contributed by atoms with Crippen LogP contribution in [0.25, 0.3) is 0 Å². The van der Waals surface area contributed by atoms with Gasteiger partial charge in [0.25, 0.3) is 0 Å². The van der Waals surface area contributed by atoms with Gasteiger partial charge in [0.2, 0.25) is 0 Å². The molecule has 2 aromatic rings. The zero-order chi connectivity index (χ0) is 16.1. The molecule has 0 unspecified atom stereocenters. The quantitative estimate of drug-likeness (QED) is 0.750. The highest BCUT2D eigenvalue weighted by Gasteiger charge is 2.26. The Kier molecular flexibility index (Phi) is 4.78. The molecule has 1 saturated heterocycles. The second kappa shape index (κ2) is 6.97. The monoisotopic (exact) mass is 318 g/mol. The summed E-state index contributed by atoms with van der Waals surface area (Å²) in [5, 5.41) is 16.9. The maximum absolute atomic E-state index is 10.4. The maximum Gasteiger partial charge on any atom is 0.136 e. The van der Waals surface area contributed by atoms with E-state index in [2.05, 4.69) is 20.6 Å². The second-order valence-corrected chi connectivity index (χ2v) is 5.95. The Balaban J connectivity index is 1.59. The first kappa shape index (κ1) is 15.8. The normalized spacial score (nSPS) is 20.7. The number of hydrogen-bond donors (Lipinski definition) is 3. The van der Waals surface area contributed by atoms with Crippen molar-refractivity contribution in [2.24, 2.45) is 0 Å². The SMILES string of the molecule is C[C@@](O)(CNc1cc(N[C@@H]2CCCOC2)ncn1)c1ccco1. The minimum Gasteiger partial charge on any atom is -0.466 e. The van der Waals surface area contributed by atoms with Gasteiger partial charge < -0.3 is 24.9 Å². The highest BCUT2D eigenvalue weighted by Crippen LogP contribution is 2.22. The van der Waals surface area contributed by atoms with Gasteiger partial charge in [0.1, 0.15) is 29.3 Å². The molecule has 0 radical (unpaired) electrons. The van der Waals surface area contributed by atoms with Crippen molar-refractivity contribution in [2.75, 3.05) is 30.4 Å². The van der Waals surface area contributed by atoms with Gasteiger partial charge in [0.05, 0.1) is 25.5 Å². The number of aliphatic hydroxyl groups is 1. The van der Waals surface area contributed by atoms with Crippen molar-refractivity contribution in [1.29, 1.82) is 0 Å². The highest BCUT2D eigenvalue weighted by molar-refractivity contribution is 5.47. The van der Waals surface area contributed by atoms with Gasteiger partial charge in [-0.15, -0.1) is 0 Å². The molecular formula is C16H22N4O3. The van der Waals surface area contributed by atoms with E-state index in [1.54, 1.807) is 25.3 Å². The van der Waals surface area contributed by atoms with E-state index in [9.17, 15) is 5.11 Å². The molecule has 0 aromatic carbocycles. The molecule has 3 N–H and O–H groups in total. The van der Waals surface area contributed by atoms with Crippen molar-refractivity contribution in [3.63, 3.8) is 0 Å². The standard InChI is InChI=1S/C16H22N4O3/c1-16(21,13-5-3-7-23-13)10-17-14-8-15(19-11-18-14)20-12-4-2-6-22-9-12/h3,5,7-8,11-12,21H,2,4,6,9-10H2,1H3,(H2,17,18,19,20)/t12-,16-/m1/s1. The number of nitrogens with zero attached hydrogens (tertiary/aromatic N) is 2. The first-order chi connectivity index (χ1) is 11.1. The molecule has 124 valence electrons. The number of rotatable bonds is 6. The van der Waals surface area contributed by atoms with Gasteiger partial charge in [-0.1, -0.05) is 0 Å². The maximum atomic E-state index is 10.4. The number of nitrogens with one attached hydrogen (secondary N) is 2. The molecule has 7 heteroatoms. The van der Waals surface area contributed by atoms with E-state index in [1.807, 2.05) is 6.07 Å².